The Hall–Kier alpha value is -1.10. The van der Waals surface area contributed by atoms with Crippen molar-refractivity contribution in [2.75, 3.05) is 34.0 Å². The fourth-order valence-corrected chi connectivity index (χ4v) is 1.32. The largest absolute Gasteiger partial charge is 0.497 e. The van der Waals surface area contributed by atoms with E-state index < -0.39 is 0 Å². The quantitative estimate of drug-likeness (QED) is 0.712. The lowest BCUT2D eigenvalue weighted by atomic mass is 10.1. The van der Waals surface area contributed by atoms with Gasteiger partial charge in [0.05, 0.1) is 33.0 Å². The maximum Gasteiger partial charge on any atom is 0.119 e. The lowest BCUT2D eigenvalue weighted by Gasteiger charge is -2.13. The number of ether oxygens (including phenoxy) is 3. The van der Waals surface area contributed by atoms with Crippen molar-refractivity contribution in [3.8, 4) is 5.75 Å². The average Bonchev–Trinajstić information content (AvgIpc) is 2.34. The van der Waals surface area contributed by atoms with Crippen molar-refractivity contribution in [1.29, 1.82) is 0 Å². The van der Waals surface area contributed by atoms with Gasteiger partial charge in [0, 0.05) is 7.11 Å². The van der Waals surface area contributed by atoms with Crippen LogP contribution in [0.5, 0.6) is 5.75 Å². The lowest BCUT2D eigenvalue weighted by molar-refractivity contribution is 0.0636. The summed E-state index contributed by atoms with van der Waals surface area (Å²) in [5, 5.41) is 0. The molecular formula is C12H19NO3. The second-order valence-electron chi connectivity index (χ2n) is 3.45. The molecule has 0 aliphatic carbocycles. The Morgan fingerprint density at radius 3 is 2.75 bits per heavy atom. The number of rotatable bonds is 7. The Bertz CT molecular complexity index is 304. The van der Waals surface area contributed by atoms with Crippen LogP contribution in [0.15, 0.2) is 24.3 Å². The van der Waals surface area contributed by atoms with Gasteiger partial charge >= 0.3 is 0 Å². The predicted octanol–water partition coefficient (Wildman–Crippen LogP) is 1.36. The van der Waals surface area contributed by atoms with Crippen molar-refractivity contribution in [3.05, 3.63) is 29.8 Å². The maximum absolute atomic E-state index is 5.98. The van der Waals surface area contributed by atoms with Gasteiger partial charge in [-0.2, -0.15) is 0 Å². The molecule has 0 radical (unpaired) electrons. The highest BCUT2D eigenvalue weighted by Crippen LogP contribution is 2.17. The van der Waals surface area contributed by atoms with Crippen LogP contribution in [-0.4, -0.2) is 34.0 Å². The van der Waals surface area contributed by atoms with Crippen molar-refractivity contribution in [2.24, 2.45) is 5.73 Å². The highest BCUT2D eigenvalue weighted by atomic mass is 16.5. The first-order valence-electron chi connectivity index (χ1n) is 5.24. The molecule has 2 N–H and O–H groups in total. The Morgan fingerprint density at radius 2 is 2.06 bits per heavy atom. The van der Waals surface area contributed by atoms with Crippen molar-refractivity contribution < 1.29 is 14.2 Å². The molecule has 0 saturated carbocycles. The van der Waals surface area contributed by atoms with Crippen LogP contribution in [0, 0.1) is 0 Å². The topological polar surface area (TPSA) is 53.7 Å². The van der Waals surface area contributed by atoms with E-state index in [4.69, 9.17) is 19.9 Å². The fourth-order valence-electron chi connectivity index (χ4n) is 1.32. The third kappa shape index (κ3) is 4.18. The standard InChI is InChI=1S/C12H19NO3/c1-14-6-7-16-9-12(13)10-4-3-5-11(8-10)15-2/h3-5,8,12H,6-7,9,13H2,1-2H3. The molecule has 0 spiro atoms. The van der Waals surface area contributed by atoms with Crippen LogP contribution in [0.3, 0.4) is 0 Å². The molecule has 0 amide bonds. The zero-order chi connectivity index (χ0) is 11.8. The SMILES string of the molecule is COCCOCC(N)c1cccc(OC)c1. The summed E-state index contributed by atoms with van der Waals surface area (Å²) in [4.78, 5) is 0. The maximum atomic E-state index is 5.98. The van der Waals surface area contributed by atoms with Gasteiger partial charge in [0.1, 0.15) is 5.75 Å². The zero-order valence-corrected chi connectivity index (χ0v) is 9.81. The third-order valence-corrected chi connectivity index (χ3v) is 2.25. The number of benzene rings is 1. The summed E-state index contributed by atoms with van der Waals surface area (Å²) >= 11 is 0. The number of hydrogen-bond acceptors (Lipinski definition) is 4. The van der Waals surface area contributed by atoms with E-state index in [-0.39, 0.29) is 6.04 Å². The van der Waals surface area contributed by atoms with E-state index in [1.807, 2.05) is 24.3 Å². The summed E-state index contributed by atoms with van der Waals surface area (Å²) < 4.78 is 15.4. The predicted molar refractivity (Wildman–Crippen MR) is 62.6 cm³/mol. The molecule has 0 saturated heterocycles. The van der Waals surface area contributed by atoms with Crippen LogP contribution in [0.2, 0.25) is 0 Å². The summed E-state index contributed by atoms with van der Waals surface area (Å²) in [7, 11) is 3.28. The van der Waals surface area contributed by atoms with Gasteiger partial charge in [0.2, 0.25) is 0 Å². The highest BCUT2D eigenvalue weighted by Gasteiger charge is 2.06. The summed E-state index contributed by atoms with van der Waals surface area (Å²) in [6.07, 6.45) is 0. The van der Waals surface area contributed by atoms with E-state index in [0.717, 1.165) is 11.3 Å². The molecule has 1 aromatic rings. The fraction of sp³-hybridized carbons (Fsp3) is 0.500. The minimum absolute atomic E-state index is 0.132. The van der Waals surface area contributed by atoms with Gasteiger partial charge in [-0.15, -0.1) is 0 Å². The average molecular weight is 225 g/mol. The molecule has 1 rings (SSSR count). The molecule has 4 heteroatoms. The molecule has 1 unspecified atom stereocenters. The van der Waals surface area contributed by atoms with E-state index in [2.05, 4.69) is 0 Å². The molecule has 4 nitrogen and oxygen atoms in total. The molecule has 90 valence electrons. The first-order chi connectivity index (χ1) is 7.77. The first-order valence-corrected chi connectivity index (χ1v) is 5.24. The number of methoxy groups -OCH3 is 2. The Morgan fingerprint density at radius 1 is 1.25 bits per heavy atom. The van der Waals surface area contributed by atoms with Crippen molar-refractivity contribution in [3.63, 3.8) is 0 Å². The van der Waals surface area contributed by atoms with E-state index in [1.165, 1.54) is 0 Å². The van der Waals surface area contributed by atoms with Gasteiger partial charge in [0.15, 0.2) is 0 Å². The second-order valence-corrected chi connectivity index (χ2v) is 3.45. The zero-order valence-electron chi connectivity index (χ0n) is 9.81. The Labute approximate surface area is 96.3 Å². The molecule has 0 bridgehead atoms. The highest BCUT2D eigenvalue weighted by molar-refractivity contribution is 5.30. The normalized spacial score (nSPS) is 12.4. The van der Waals surface area contributed by atoms with E-state index in [0.29, 0.717) is 19.8 Å². The molecule has 0 heterocycles. The lowest BCUT2D eigenvalue weighted by Crippen LogP contribution is -2.18. The van der Waals surface area contributed by atoms with Crippen molar-refractivity contribution in [1.82, 2.24) is 0 Å². The van der Waals surface area contributed by atoms with Gasteiger partial charge in [-0.3, -0.25) is 0 Å². The van der Waals surface area contributed by atoms with E-state index in [9.17, 15) is 0 Å². The number of hydrogen-bond donors (Lipinski definition) is 1. The molecule has 0 aromatic heterocycles. The minimum atomic E-state index is -0.132. The Balaban J connectivity index is 2.42. The van der Waals surface area contributed by atoms with Crippen LogP contribution in [0.4, 0.5) is 0 Å². The smallest absolute Gasteiger partial charge is 0.119 e. The molecule has 0 aliphatic heterocycles. The molecule has 0 fully saturated rings. The Kier molecular flexibility index (Phi) is 5.85. The summed E-state index contributed by atoms with van der Waals surface area (Å²) in [5.41, 5.74) is 6.99. The second kappa shape index (κ2) is 7.22. The van der Waals surface area contributed by atoms with Gasteiger partial charge in [-0.05, 0) is 17.7 Å². The summed E-state index contributed by atoms with van der Waals surface area (Å²) in [6.45, 7) is 1.63. The first kappa shape index (κ1) is 13.0. The van der Waals surface area contributed by atoms with Crippen LogP contribution in [-0.2, 0) is 9.47 Å². The third-order valence-electron chi connectivity index (χ3n) is 2.25. The molecule has 1 aromatic carbocycles. The minimum Gasteiger partial charge on any atom is -0.497 e. The van der Waals surface area contributed by atoms with Gasteiger partial charge in [-0.25, -0.2) is 0 Å². The van der Waals surface area contributed by atoms with E-state index >= 15 is 0 Å². The summed E-state index contributed by atoms with van der Waals surface area (Å²) in [5.74, 6) is 0.810. The van der Waals surface area contributed by atoms with Crippen LogP contribution < -0.4 is 10.5 Å². The molecule has 0 aliphatic rings. The van der Waals surface area contributed by atoms with Crippen LogP contribution in [0.25, 0.3) is 0 Å². The van der Waals surface area contributed by atoms with Gasteiger partial charge in [0.25, 0.3) is 0 Å². The van der Waals surface area contributed by atoms with Gasteiger partial charge < -0.3 is 19.9 Å². The van der Waals surface area contributed by atoms with E-state index in [1.54, 1.807) is 14.2 Å². The van der Waals surface area contributed by atoms with Crippen molar-refractivity contribution in [2.45, 2.75) is 6.04 Å². The monoisotopic (exact) mass is 225 g/mol. The number of nitrogens with two attached hydrogens (primary N) is 1. The molecule has 16 heavy (non-hydrogen) atoms. The van der Waals surface area contributed by atoms with Gasteiger partial charge in [-0.1, -0.05) is 12.1 Å². The van der Waals surface area contributed by atoms with Crippen molar-refractivity contribution >= 4 is 0 Å². The van der Waals surface area contributed by atoms with Crippen LogP contribution >= 0.6 is 0 Å². The molecular weight excluding hydrogens is 206 g/mol. The molecule has 1 atom stereocenters. The van der Waals surface area contributed by atoms with Crippen LogP contribution in [0.1, 0.15) is 11.6 Å². The summed E-state index contributed by atoms with van der Waals surface area (Å²) in [6, 6.07) is 7.56.